The molecule has 2 aromatic carbocycles. The van der Waals surface area contributed by atoms with Crippen LogP contribution in [0.4, 0.5) is 0 Å². The molecule has 1 aromatic heterocycles. The third-order valence-corrected chi connectivity index (χ3v) is 5.05. The maximum atomic E-state index is 12.8. The summed E-state index contributed by atoms with van der Waals surface area (Å²) in [6, 6.07) is 14.3. The van der Waals surface area contributed by atoms with Gasteiger partial charge in [-0.25, -0.2) is 4.79 Å². The number of benzene rings is 2. The number of hydrogen-bond donors (Lipinski definition) is 2. The highest BCUT2D eigenvalue weighted by molar-refractivity contribution is 9.10. The Labute approximate surface area is 169 Å². The Kier molecular flexibility index (Phi) is 5.27. The molecular weight excluding hydrogens is 424 g/mol. The van der Waals surface area contributed by atoms with E-state index in [0.717, 1.165) is 10.0 Å². The van der Waals surface area contributed by atoms with Gasteiger partial charge in [0.25, 0.3) is 0 Å². The summed E-state index contributed by atoms with van der Waals surface area (Å²) < 4.78 is 12.0. The third-order valence-electron chi connectivity index (χ3n) is 4.52. The van der Waals surface area contributed by atoms with Gasteiger partial charge in [0.05, 0.1) is 23.5 Å². The number of allylic oxidation sites excluding steroid dienone is 1. The lowest BCUT2D eigenvalue weighted by atomic mass is 9.84. The molecule has 142 valence electrons. The van der Waals surface area contributed by atoms with E-state index in [4.69, 9.17) is 14.9 Å². The Morgan fingerprint density at radius 3 is 2.57 bits per heavy atom. The second-order valence-electron chi connectivity index (χ2n) is 6.10. The number of nitrogens with two attached hydrogens (primary N) is 1. The van der Waals surface area contributed by atoms with Gasteiger partial charge in [0.2, 0.25) is 5.88 Å². The summed E-state index contributed by atoms with van der Waals surface area (Å²) in [6.07, 6.45) is 0. The molecule has 0 fully saturated rings. The van der Waals surface area contributed by atoms with Crippen molar-refractivity contribution in [1.82, 2.24) is 0 Å². The van der Waals surface area contributed by atoms with E-state index >= 15 is 0 Å². The quantitative estimate of drug-likeness (QED) is 0.584. The molecule has 0 spiro atoms. The van der Waals surface area contributed by atoms with E-state index in [-0.39, 0.29) is 42.4 Å². The van der Waals surface area contributed by atoms with Crippen molar-refractivity contribution in [1.29, 1.82) is 5.26 Å². The van der Waals surface area contributed by atoms with E-state index in [1.54, 1.807) is 18.2 Å². The molecule has 6 nitrogen and oxygen atoms in total. The largest absolute Gasteiger partial charge is 0.439 e. The summed E-state index contributed by atoms with van der Waals surface area (Å²) in [4.78, 5) is 12.8. The summed E-state index contributed by atoms with van der Waals surface area (Å²) >= 11 is 3.38. The first-order valence-corrected chi connectivity index (χ1v) is 8.86. The lowest BCUT2D eigenvalue weighted by Gasteiger charge is -2.26. The number of ether oxygens (including phenoxy) is 1. The molecule has 1 unspecified atom stereocenters. The Hall–Kier alpha value is -3.08. The van der Waals surface area contributed by atoms with Crippen molar-refractivity contribution >= 4 is 26.9 Å². The maximum absolute atomic E-state index is 12.8. The Morgan fingerprint density at radius 2 is 1.93 bits per heavy atom. The zero-order chi connectivity index (χ0) is 19.1. The van der Waals surface area contributed by atoms with E-state index in [0.29, 0.717) is 10.9 Å². The molecule has 1 aliphatic heterocycles. The number of aliphatic hydroxyl groups excluding tert-OH is 1. The number of rotatable bonds is 2. The molecule has 4 rings (SSSR count). The first-order chi connectivity index (χ1) is 13.0. The maximum Gasteiger partial charge on any atom is 0.344 e. The van der Waals surface area contributed by atoms with Gasteiger partial charge in [-0.3, -0.25) is 0 Å². The molecule has 0 saturated heterocycles. The topological polar surface area (TPSA) is 109 Å². The Balaban J connectivity index is 0.00000225. The van der Waals surface area contributed by atoms with Crippen molar-refractivity contribution in [3.63, 3.8) is 0 Å². The molecule has 28 heavy (non-hydrogen) atoms. The average Bonchev–Trinajstić information content (AvgIpc) is 2.67. The molecule has 0 saturated carbocycles. The predicted octanol–water partition coefficient (Wildman–Crippen LogP) is 3.90. The van der Waals surface area contributed by atoms with Crippen LogP contribution in [-0.4, -0.2) is 5.11 Å². The van der Waals surface area contributed by atoms with Crippen LogP contribution in [0.5, 0.6) is 5.75 Å². The minimum absolute atomic E-state index is 0. The molecule has 3 N–H and O–H groups in total. The molecule has 3 aromatic rings. The van der Waals surface area contributed by atoms with Gasteiger partial charge in [-0.1, -0.05) is 41.6 Å². The fraction of sp³-hybridized carbons (Fsp3) is 0.143. The van der Waals surface area contributed by atoms with Gasteiger partial charge in [-0.15, -0.1) is 0 Å². The summed E-state index contributed by atoms with van der Waals surface area (Å²) in [6.45, 7) is -0.181. The fourth-order valence-electron chi connectivity index (χ4n) is 3.25. The van der Waals surface area contributed by atoms with Gasteiger partial charge in [0, 0.05) is 4.47 Å². The molecule has 1 aliphatic rings. The van der Waals surface area contributed by atoms with Crippen molar-refractivity contribution in [2.24, 2.45) is 5.73 Å². The minimum atomic E-state index is -0.690. The lowest BCUT2D eigenvalue weighted by Crippen LogP contribution is -2.26. The standard InChI is InChI=1S/C20H13BrN2O4.CH4/c21-12-4-2-11(3-5-12)16-14(8-22)19(23)27-18-13-6-1-10(9-24)7-15(13)26-20(25)17(16)18;/h1-7,16,24H,9,23H2;1H4. The minimum Gasteiger partial charge on any atom is -0.439 e. The average molecular weight is 441 g/mol. The highest BCUT2D eigenvalue weighted by Crippen LogP contribution is 2.43. The van der Waals surface area contributed by atoms with Crippen LogP contribution in [0.15, 0.2) is 67.6 Å². The Morgan fingerprint density at radius 1 is 1.21 bits per heavy atom. The number of nitrogens with zero attached hydrogens (tertiary/aromatic N) is 1. The van der Waals surface area contributed by atoms with Gasteiger partial charge >= 0.3 is 5.63 Å². The fourth-order valence-corrected chi connectivity index (χ4v) is 3.51. The first-order valence-electron chi connectivity index (χ1n) is 8.07. The normalized spacial score (nSPS) is 15.4. The van der Waals surface area contributed by atoms with E-state index < -0.39 is 11.5 Å². The number of hydrogen-bond acceptors (Lipinski definition) is 6. The van der Waals surface area contributed by atoms with Crippen LogP contribution < -0.4 is 16.1 Å². The summed E-state index contributed by atoms with van der Waals surface area (Å²) in [5.74, 6) is -0.462. The molecule has 0 aliphatic carbocycles. The molecule has 7 heteroatoms. The van der Waals surface area contributed by atoms with Crippen molar-refractivity contribution in [2.45, 2.75) is 20.0 Å². The van der Waals surface area contributed by atoms with Crippen molar-refractivity contribution in [3.8, 4) is 11.8 Å². The van der Waals surface area contributed by atoms with Gasteiger partial charge in [-0.2, -0.15) is 5.26 Å². The summed E-state index contributed by atoms with van der Waals surface area (Å²) in [7, 11) is 0. The third kappa shape index (κ3) is 3.07. The lowest BCUT2D eigenvalue weighted by molar-refractivity contribution is 0.282. The number of halogens is 1. The van der Waals surface area contributed by atoms with Crippen LogP contribution in [0.25, 0.3) is 11.0 Å². The second-order valence-corrected chi connectivity index (χ2v) is 7.01. The molecule has 1 atom stereocenters. The zero-order valence-corrected chi connectivity index (χ0v) is 15.5. The van der Waals surface area contributed by atoms with Crippen molar-refractivity contribution < 1.29 is 14.3 Å². The number of nitriles is 1. The van der Waals surface area contributed by atoms with Gasteiger partial charge in [-0.05, 0) is 35.4 Å². The SMILES string of the molecule is C.N#CC1=C(N)Oc2c(c(=O)oc3cc(CO)ccc23)C1c1ccc(Br)cc1. The molecule has 0 amide bonds. The highest BCUT2D eigenvalue weighted by atomic mass is 79.9. The summed E-state index contributed by atoms with van der Waals surface area (Å²) in [5.41, 5.74) is 7.40. The van der Waals surface area contributed by atoms with Crippen LogP contribution >= 0.6 is 15.9 Å². The molecule has 0 radical (unpaired) electrons. The predicted molar refractivity (Wildman–Crippen MR) is 109 cm³/mol. The molecular formula is C21H17BrN2O4. The van der Waals surface area contributed by atoms with E-state index in [2.05, 4.69) is 22.0 Å². The molecule has 2 heterocycles. The van der Waals surface area contributed by atoms with Crippen LogP contribution in [0.3, 0.4) is 0 Å². The van der Waals surface area contributed by atoms with Gasteiger partial charge in [0.15, 0.2) is 5.75 Å². The van der Waals surface area contributed by atoms with Crippen LogP contribution in [0, 0.1) is 11.3 Å². The highest BCUT2D eigenvalue weighted by Gasteiger charge is 2.35. The molecule has 0 bridgehead atoms. The van der Waals surface area contributed by atoms with E-state index in [9.17, 15) is 15.2 Å². The summed E-state index contributed by atoms with van der Waals surface area (Å²) in [5, 5.41) is 19.5. The monoisotopic (exact) mass is 440 g/mol. The smallest absolute Gasteiger partial charge is 0.344 e. The van der Waals surface area contributed by atoms with E-state index in [1.807, 2.05) is 24.3 Å². The van der Waals surface area contributed by atoms with E-state index in [1.165, 1.54) is 0 Å². The van der Waals surface area contributed by atoms with Gasteiger partial charge in [0.1, 0.15) is 17.2 Å². The Bertz CT molecular complexity index is 1190. The van der Waals surface area contributed by atoms with Crippen LogP contribution in [0.2, 0.25) is 0 Å². The van der Waals surface area contributed by atoms with Crippen molar-refractivity contribution in [3.05, 3.63) is 85.5 Å². The van der Waals surface area contributed by atoms with Gasteiger partial charge < -0.3 is 20.0 Å². The van der Waals surface area contributed by atoms with Crippen LogP contribution in [0.1, 0.15) is 30.0 Å². The zero-order valence-electron chi connectivity index (χ0n) is 13.9. The second kappa shape index (κ2) is 7.50. The number of fused-ring (bicyclic) bond motifs is 3. The number of aliphatic hydroxyl groups is 1. The first kappa shape index (κ1) is 19.7. The van der Waals surface area contributed by atoms with Crippen molar-refractivity contribution in [2.75, 3.05) is 0 Å². The van der Waals surface area contributed by atoms with Crippen LogP contribution in [-0.2, 0) is 6.61 Å².